The van der Waals surface area contributed by atoms with Gasteiger partial charge in [0.15, 0.2) is 0 Å². The van der Waals surface area contributed by atoms with E-state index in [1.165, 1.54) is 5.56 Å². The molecule has 0 aliphatic heterocycles. The van der Waals surface area contributed by atoms with Crippen molar-refractivity contribution >= 4 is 9.24 Å². The van der Waals surface area contributed by atoms with Crippen LogP contribution in [0.15, 0.2) is 30.3 Å². The van der Waals surface area contributed by atoms with E-state index in [1.807, 2.05) is 6.07 Å². The largest absolute Gasteiger partial charge is 0.130 e. The second-order valence-corrected chi connectivity index (χ2v) is 3.20. The third-order valence-electron chi connectivity index (χ3n) is 1.33. The van der Waals surface area contributed by atoms with Crippen molar-refractivity contribution in [3.63, 3.8) is 0 Å². The van der Waals surface area contributed by atoms with Gasteiger partial charge in [-0.1, -0.05) is 37.3 Å². The average molecular weight is 138 g/mol. The lowest BCUT2D eigenvalue weighted by molar-refractivity contribution is 1.10. The van der Waals surface area contributed by atoms with Crippen LogP contribution in [0.25, 0.3) is 0 Å². The lowest BCUT2D eigenvalue weighted by Gasteiger charge is -2.01. The molecular weight excluding hydrogens is 127 g/mol. The first kappa shape index (κ1) is 6.77. The van der Waals surface area contributed by atoms with Crippen LogP contribution in [0, 0.1) is 0 Å². The van der Waals surface area contributed by atoms with E-state index >= 15 is 0 Å². The van der Waals surface area contributed by atoms with Crippen LogP contribution in [0.5, 0.6) is 0 Å². The summed E-state index contributed by atoms with van der Waals surface area (Å²) in [6.07, 6.45) is 0. The Hall–Kier alpha value is -0.350. The van der Waals surface area contributed by atoms with E-state index in [4.69, 9.17) is 0 Å². The fourth-order valence-electron chi connectivity index (χ4n) is 0.757. The average Bonchev–Trinajstić information content (AvgIpc) is 1.90. The fraction of sp³-hybridized carbons (Fsp3) is 0.250. The highest BCUT2D eigenvalue weighted by Crippen LogP contribution is 2.20. The highest BCUT2D eigenvalue weighted by molar-refractivity contribution is 7.17. The summed E-state index contributed by atoms with van der Waals surface area (Å²) < 4.78 is 0. The molecule has 1 rings (SSSR count). The van der Waals surface area contributed by atoms with Crippen molar-refractivity contribution in [1.29, 1.82) is 0 Å². The van der Waals surface area contributed by atoms with Crippen molar-refractivity contribution in [2.45, 2.75) is 12.6 Å². The summed E-state index contributed by atoms with van der Waals surface area (Å²) in [4.78, 5) is 0. The summed E-state index contributed by atoms with van der Waals surface area (Å²) in [5, 5.41) is 0. The first-order valence-electron chi connectivity index (χ1n) is 3.11. The first-order valence-corrected chi connectivity index (χ1v) is 3.78. The molecule has 0 aliphatic rings. The van der Waals surface area contributed by atoms with Crippen LogP contribution in [-0.4, -0.2) is 0 Å². The predicted molar refractivity (Wildman–Crippen MR) is 44.6 cm³/mol. The van der Waals surface area contributed by atoms with Crippen molar-refractivity contribution in [3.8, 4) is 0 Å². The van der Waals surface area contributed by atoms with Gasteiger partial charge in [-0.3, -0.25) is 0 Å². The third-order valence-corrected chi connectivity index (χ3v) is 1.71. The normalized spacial score (nSPS) is 13.1. The molecule has 0 spiro atoms. The Morgan fingerprint density at radius 2 is 1.78 bits per heavy atom. The minimum absolute atomic E-state index is 0.575. The molecule has 0 bridgehead atoms. The molecule has 1 aromatic carbocycles. The minimum atomic E-state index is 0.575. The second kappa shape index (κ2) is 2.98. The van der Waals surface area contributed by atoms with Crippen LogP contribution in [-0.2, 0) is 0 Å². The number of rotatable bonds is 1. The smallest absolute Gasteiger partial charge is 0.00428 e. The SMILES string of the molecule is CC(P)c1ccccc1. The third kappa shape index (κ3) is 1.80. The summed E-state index contributed by atoms with van der Waals surface area (Å²) in [6, 6.07) is 10.4. The van der Waals surface area contributed by atoms with E-state index in [0.29, 0.717) is 5.66 Å². The number of hydrogen-bond acceptors (Lipinski definition) is 0. The molecule has 2 atom stereocenters. The zero-order valence-corrected chi connectivity index (χ0v) is 6.70. The predicted octanol–water partition coefficient (Wildman–Crippen LogP) is 2.62. The molecule has 1 heteroatoms. The molecule has 2 unspecified atom stereocenters. The Kier molecular flexibility index (Phi) is 2.24. The number of benzene rings is 1. The Balaban J connectivity index is 2.85. The van der Waals surface area contributed by atoms with Crippen LogP contribution in [0.3, 0.4) is 0 Å². The van der Waals surface area contributed by atoms with Gasteiger partial charge in [0.2, 0.25) is 0 Å². The van der Waals surface area contributed by atoms with Crippen molar-refractivity contribution in [1.82, 2.24) is 0 Å². The van der Waals surface area contributed by atoms with Gasteiger partial charge in [0, 0.05) is 0 Å². The van der Waals surface area contributed by atoms with Crippen molar-refractivity contribution < 1.29 is 0 Å². The maximum atomic E-state index is 2.77. The summed E-state index contributed by atoms with van der Waals surface area (Å²) >= 11 is 0. The lowest BCUT2D eigenvalue weighted by Crippen LogP contribution is -1.79. The van der Waals surface area contributed by atoms with E-state index in [9.17, 15) is 0 Å². The minimum Gasteiger partial charge on any atom is -0.130 e. The van der Waals surface area contributed by atoms with Gasteiger partial charge < -0.3 is 0 Å². The molecule has 0 heterocycles. The standard InChI is InChI=1S/C8H11P/c1-7(9)8-5-3-2-4-6-8/h2-7H,9H2,1H3. The molecule has 0 saturated heterocycles. The van der Waals surface area contributed by atoms with Crippen LogP contribution >= 0.6 is 9.24 Å². The van der Waals surface area contributed by atoms with Crippen molar-refractivity contribution in [3.05, 3.63) is 35.9 Å². The van der Waals surface area contributed by atoms with Crippen LogP contribution in [0.1, 0.15) is 18.1 Å². The van der Waals surface area contributed by atoms with Gasteiger partial charge in [0.05, 0.1) is 0 Å². The molecule has 0 aromatic heterocycles. The van der Waals surface area contributed by atoms with E-state index in [1.54, 1.807) is 0 Å². The maximum absolute atomic E-state index is 2.77. The molecule has 48 valence electrons. The molecule has 1 aromatic rings. The summed E-state index contributed by atoms with van der Waals surface area (Å²) in [7, 11) is 2.77. The second-order valence-electron chi connectivity index (χ2n) is 2.20. The van der Waals surface area contributed by atoms with Crippen molar-refractivity contribution in [2.24, 2.45) is 0 Å². The molecule has 0 nitrogen and oxygen atoms in total. The lowest BCUT2D eigenvalue weighted by atomic mass is 10.2. The van der Waals surface area contributed by atoms with E-state index in [2.05, 4.69) is 40.4 Å². The van der Waals surface area contributed by atoms with Gasteiger partial charge in [-0.15, -0.1) is 9.24 Å². The molecule has 0 saturated carbocycles. The van der Waals surface area contributed by atoms with Gasteiger partial charge in [-0.05, 0) is 11.2 Å². The molecule has 0 fully saturated rings. The monoisotopic (exact) mass is 138 g/mol. The van der Waals surface area contributed by atoms with Gasteiger partial charge in [0.1, 0.15) is 0 Å². The van der Waals surface area contributed by atoms with Gasteiger partial charge in [-0.2, -0.15) is 0 Å². The molecule has 0 N–H and O–H groups in total. The molecule has 0 radical (unpaired) electrons. The Bertz CT molecular complexity index is 167. The quantitative estimate of drug-likeness (QED) is 0.523. The van der Waals surface area contributed by atoms with Crippen LogP contribution in [0.4, 0.5) is 0 Å². The van der Waals surface area contributed by atoms with Crippen molar-refractivity contribution in [2.75, 3.05) is 0 Å². The highest BCUT2D eigenvalue weighted by Gasteiger charge is 1.93. The highest BCUT2D eigenvalue weighted by atomic mass is 31.0. The summed E-state index contributed by atoms with van der Waals surface area (Å²) in [5.74, 6) is 0. The van der Waals surface area contributed by atoms with Gasteiger partial charge >= 0.3 is 0 Å². The molecule has 9 heavy (non-hydrogen) atoms. The number of hydrogen-bond donors (Lipinski definition) is 0. The van der Waals surface area contributed by atoms with Crippen LogP contribution < -0.4 is 0 Å². The van der Waals surface area contributed by atoms with Gasteiger partial charge in [0.25, 0.3) is 0 Å². The molecule has 0 aliphatic carbocycles. The maximum Gasteiger partial charge on any atom is -0.00428 e. The fourth-order valence-corrected chi connectivity index (χ4v) is 0.979. The molecule has 0 amide bonds. The zero-order chi connectivity index (χ0) is 6.69. The Morgan fingerprint density at radius 3 is 2.11 bits per heavy atom. The Labute approximate surface area is 58.5 Å². The molecular formula is C8H11P. The first-order chi connectivity index (χ1) is 4.30. The van der Waals surface area contributed by atoms with Crippen LogP contribution in [0.2, 0.25) is 0 Å². The zero-order valence-electron chi connectivity index (χ0n) is 5.54. The Morgan fingerprint density at radius 1 is 1.22 bits per heavy atom. The van der Waals surface area contributed by atoms with E-state index in [0.717, 1.165) is 0 Å². The van der Waals surface area contributed by atoms with Gasteiger partial charge in [-0.25, -0.2) is 0 Å². The summed E-state index contributed by atoms with van der Waals surface area (Å²) in [5.41, 5.74) is 1.95. The topological polar surface area (TPSA) is 0 Å². The van der Waals surface area contributed by atoms with E-state index in [-0.39, 0.29) is 0 Å². The van der Waals surface area contributed by atoms with E-state index < -0.39 is 0 Å². The summed E-state index contributed by atoms with van der Waals surface area (Å²) in [6.45, 7) is 2.17.